The van der Waals surface area contributed by atoms with Crippen molar-refractivity contribution >= 4 is 6.29 Å². The zero-order chi connectivity index (χ0) is 11.8. The minimum atomic E-state index is -0.106. The fourth-order valence-electron chi connectivity index (χ4n) is 2.05. The van der Waals surface area contributed by atoms with Crippen LogP contribution in [0.15, 0.2) is 17.2 Å². The Balaban J connectivity index is 2.12. The zero-order valence-electron chi connectivity index (χ0n) is 9.01. The van der Waals surface area contributed by atoms with Gasteiger partial charge < -0.3 is 0 Å². The van der Waals surface area contributed by atoms with E-state index in [0.717, 1.165) is 30.5 Å². The lowest BCUT2D eigenvalue weighted by atomic mass is 10.3. The highest BCUT2D eigenvalue weighted by molar-refractivity contribution is 5.73. The Morgan fingerprint density at radius 2 is 2.29 bits per heavy atom. The Morgan fingerprint density at radius 3 is 3.06 bits per heavy atom. The summed E-state index contributed by atoms with van der Waals surface area (Å²) in [5.41, 5.74) is 1.96. The fourth-order valence-corrected chi connectivity index (χ4v) is 2.05. The number of aromatic nitrogens is 4. The van der Waals surface area contributed by atoms with Crippen molar-refractivity contribution in [2.45, 2.75) is 19.3 Å². The third-order valence-electron chi connectivity index (χ3n) is 2.88. The lowest BCUT2D eigenvalue weighted by molar-refractivity contribution is 0.112. The van der Waals surface area contributed by atoms with Crippen LogP contribution in [0.25, 0.3) is 5.95 Å². The molecule has 0 radical (unpaired) electrons. The van der Waals surface area contributed by atoms with Crippen LogP contribution in [0.1, 0.15) is 28.0 Å². The van der Waals surface area contributed by atoms with E-state index in [1.54, 1.807) is 0 Å². The number of aldehydes is 1. The molecule has 2 aromatic heterocycles. The van der Waals surface area contributed by atoms with Gasteiger partial charge in [0.2, 0.25) is 5.95 Å². The van der Waals surface area contributed by atoms with Gasteiger partial charge in [0.25, 0.3) is 5.56 Å². The van der Waals surface area contributed by atoms with E-state index in [2.05, 4.69) is 15.1 Å². The van der Waals surface area contributed by atoms with Crippen LogP contribution in [0.4, 0.5) is 0 Å². The molecule has 6 nitrogen and oxygen atoms in total. The number of nitrogens with zero attached hydrogens (tertiary/aromatic N) is 3. The maximum atomic E-state index is 11.8. The number of fused-ring (bicyclic) bond motifs is 1. The SMILES string of the molecule is O=Cc1cnn(-c2nc3c(c(=O)[nH]2)CCC3)c1. The molecular weight excluding hydrogens is 220 g/mol. The first-order valence-electron chi connectivity index (χ1n) is 5.40. The number of carbonyl (C=O) groups excluding carboxylic acids is 1. The average molecular weight is 230 g/mol. The normalized spacial score (nSPS) is 13.6. The predicted molar refractivity (Wildman–Crippen MR) is 59.4 cm³/mol. The molecular formula is C11H10N4O2. The Bertz CT molecular complexity index is 641. The molecule has 0 aromatic carbocycles. The monoisotopic (exact) mass is 230 g/mol. The standard InChI is InChI=1S/C11H10N4O2/c16-6-7-4-12-15(5-7)11-13-9-3-1-2-8(9)10(17)14-11/h4-6H,1-3H2,(H,13,14,17). The lowest BCUT2D eigenvalue weighted by Crippen LogP contribution is -2.18. The van der Waals surface area contributed by atoms with E-state index >= 15 is 0 Å². The Hall–Kier alpha value is -2.24. The van der Waals surface area contributed by atoms with Crippen LogP contribution in [-0.4, -0.2) is 26.0 Å². The van der Waals surface area contributed by atoms with Gasteiger partial charge in [-0.1, -0.05) is 0 Å². The van der Waals surface area contributed by atoms with Crippen LogP contribution in [0.5, 0.6) is 0 Å². The first-order chi connectivity index (χ1) is 8.28. The van der Waals surface area contributed by atoms with E-state index in [4.69, 9.17) is 0 Å². The zero-order valence-corrected chi connectivity index (χ0v) is 9.01. The number of hydrogen-bond acceptors (Lipinski definition) is 4. The van der Waals surface area contributed by atoms with E-state index in [1.165, 1.54) is 17.1 Å². The van der Waals surface area contributed by atoms with Crippen molar-refractivity contribution in [3.63, 3.8) is 0 Å². The summed E-state index contributed by atoms with van der Waals surface area (Å²) in [5.74, 6) is 0.365. The molecule has 1 N–H and O–H groups in total. The summed E-state index contributed by atoms with van der Waals surface area (Å²) in [6.45, 7) is 0. The first kappa shape index (κ1) is 9.95. The molecule has 86 valence electrons. The summed E-state index contributed by atoms with van der Waals surface area (Å²) in [6.07, 6.45) is 6.25. The maximum Gasteiger partial charge on any atom is 0.255 e. The molecule has 1 aliphatic carbocycles. The van der Waals surface area contributed by atoms with Crippen molar-refractivity contribution in [3.05, 3.63) is 39.6 Å². The average Bonchev–Trinajstić information content (AvgIpc) is 2.97. The fraction of sp³-hybridized carbons (Fsp3) is 0.273. The van der Waals surface area contributed by atoms with Crippen LogP contribution < -0.4 is 5.56 Å². The highest BCUT2D eigenvalue weighted by Crippen LogP contribution is 2.16. The largest absolute Gasteiger partial charge is 0.298 e. The van der Waals surface area contributed by atoms with Crippen LogP contribution in [0.3, 0.4) is 0 Å². The van der Waals surface area contributed by atoms with Crippen LogP contribution in [0.2, 0.25) is 0 Å². The number of rotatable bonds is 2. The highest BCUT2D eigenvalue weighted by Gasteiger charge is 2.17. The second-order valence-electron chi connectivity index (χ2n) is 4.00. The summed E-state index contributed by atoms with van der Waals surface area (Å²) in [7, 11) is 0. The van der Waals surface area contributed by atoms with Gasteiger partial charge >= 0.3 is 0 Å². The van der Waals surface area contributed by atoms with E-state index in [1.807, 2.05) is 0 Å². The van der Waals surface area contributed by atoms with Crippen molar-refractivity contribution < 1.29 is 4.79 Å². The highest BCUT2D eigenvalue weighted by atomic mass is 16.1. The van der Waals surface area contributed by atoms with Gasteiger partial charge in [-0.15, -0.1) is 0 Å². The maximum absolute atomic E-state index is 11.8. The molecule has 17 heavy (non-hydrogen) atoms. The van der Waals surface area contributed by atoms with Gasteiger partial charge in [-0.25, -0.2) is 9.67 Å². The van der Waals surface area contributed by atoms with Crippen LogP contribution >= 0.6 is 0 Å². The minimum absolute atomic E-state index is 0.106. The molecule has 0 unspecified atom stereocenters. The second kappa shape index (κ2) is 3.65. The second-order valence-corrected chi connectivity index (χ2v) is 4.00. The smallest absolute Gasteiger partial charge is 0.255 e. The number of aromatic amines is 1. The Morgan fingerprint density at radius 1 is 1.41 bits per heavy atom. The quantitative estimate of drug-likeness (QED) is 0.750. The summed E-state index contributed by atoms with van der Waals surface area (Å²) < 4.78 is 1.41. The topological polar surface area (TPSA) is 80.6 Å². The molecule has 0 aliphatic heterocycles. The van der Waals surface area contributed by atoms with Gasteiger partial charge in [0.15, 0.2) is 6.29 Å². The Kier molecular flexibility index (Phi) is 2.14. The molecule has 0 fully saturated rings. The molecule has 0 amide bonds. The van der Waals surface area contributed by atoms with Crippen molar-refractivity contribution in [2.24, 2.45) is 0 Å². The molecule has 0 spiro atoms. The number of hydrogen-bond donors (Lipinski definition) is 1. The summed E-state index contributed by atoms with van der Waals surface area (Å²) >= 11 is 0. The third-order valence-corrected chi connectivity index (χ3v) is 2.88. The van der Waals surface area contributed by atoms with Crippen LogP contribution in [-0.2, 0) is 12.8 Å². The number of aryl methyl sites for hydroxylation is 1. The van der Waals surface area contributed by atoms with Crippen molar-refractivity contribution in [3.8, 4) is 5.95 Å². The summed E-state index contributed by atoms with van der Waals surface area (Å²) in [5, 5.41) is 3.98. The van der Waals surface area contributed by atoms with Gasteiger partial charge in [-0.2, -0.15) is 5.10 Å². The van der Waals surface area contributed by atoms with Gasteiger partial charge in [0.1, 0.15) is 0 Å². The van der Waals surface area contributed by atoms with E-state index < -0.39 is 0 Å². The Labute approximate surface area is 96.3 Å². The molecule has 0 bridgehead atoms. The summed E-state index contributed by atoms with van der Waals surface area (Å²) in [4.78, 5) is 29.4. The number of carbonyl (C=O) groups is 1. The predicted octanol–water partition coefficient (Wildman–Crippen LogP) is 0.257. The van der Waals surface area contributed by atoms with Crippen molar-refractivity contribution in [1.82, 2.24) is 19.7 Å². The van der Waals surface area contributed by atoms with Crippen LogP contribution in [0, 0.1) is 0 Å². The first-order valence-corrected chi connectivity index (χ1v) is 5.40. The van der Waals surface area contributed by atoms with Gasteiger partial charge in [-0.3, -0.25) is 14.6 Å². The van der Waals surface area contributed by atoms with Crippen molar-refractivity contribution in [1.29, 1.82) is 0 Å². The molecule has 3 rings (SSSR count). The molecule has 0 saturated carbocycles. The van der Waals surface area contributed by atoms with E-state index in [0.29, 0.717) is 17.8 Å². The van der Waals surface area contributed by atoms with Gasteiger partial charge in [0, 0.05) is 11.8 Å². The minimum Gasteiger partial charge on any atom is -0.298 e. The van der Waals surface area contributed by atoms with E-state index in [-0.39, 0.29) is 5.56 Å². The number of H-pyrrole nitrogens is 1. The van der Waals surface area contributed by atoms with E-state index in [9.17, 15) is 9.59 Å². The molecule has 2 aromatic rings. The van der Waals surface area contributed by atoms with Gasteiger partial charge in [0.05, 0.1) is 17.5 Å². The summed E-state index contributed by atoms with van der Waals surface area (Å²) in [6, 6.07) is 0. The lowest BCUT2D eigenvalue weighted by Gasteiger charge is -2.02. The van der Waals surface area contributed by atoms with Crippen molar-refractivity contribution in [2.75, 3.05) is 0 Å². The molecule has 0 atom stereocenters. The molecule has 0 saturated heterocycles. The number of nitrogens with one attached hydrogen (secondary N) is 1. The van der Waals surface area contributed by atoms with Gasteiger partial charge in [-0.05, 0) is 19.3 Å². The third kappa shape index (κ3) is 1.57. The molecule has 2 heterocycles. The molecule has 6 heteroatoms. The molecule has 1 aliphatic rings.